The summed E-state index contributed by atoms with van der Waals surface area (Å²) in [5.41, 5.74) is 3.15. The minimum absolute atomic E-state index is 0.588. The molecule has 1 saturated carbocycles. The van der Waals surface area contributed by atoms with E-state index in [-0.39, 0.29) is 0 Å². The molecule has 3 nitrogen and oxygen atoms in total. The highest BCUT2D eigenvalue weighted by atomic mass is 16.3. The Balaban J connectivity index is 2.02. The molecule has 0 unspecified atom stereocenters. The normalized spacial score (nSPS) is 16.1. The van der Waals surface area contributed by atoms with E-state index in [2.05, 4.69) is 22.4 Å². The number of nitrogens with one attached hydrogen (secondary N) is 1. The van der Waals surface area contributed by atoms with Crippen LogP contribution < -0.4 is 5.32 Å². The van der Waals surface area contributed by atoms with E-state index in [1.54, 1.807) is 0 Å². The Morgan fingerprint density at radius 1 is 1.47 bits per heavy atom. The largest absolute Gasteiger partial charge is 0.440 e. The van der Waals surface area contributed by atoms with Gasteiger partial charge in [-0.1, -0.05) is 6.07 Å². The van der Waals surface area contributed by atoms with Gasteiger partial charge in [0.05, 0.1) is 0 Å². The predicted molar refractivity (Wildman–Crippen MR) is 58.7 cm³/mol. The average Bonchev–Trinajstić information content (AvgIpc) is 2.99. The van der Waals surface area contributed by atoms with Gasteiger partial charge < -0.3 is 9.73 Å². The molecule has 2 aromatic rings. The van der Waals surface area contributed by atoms with Gasteiger partial charge in [0, 0.05) is 12.5 Å². The fraction of sp³-hybridized carbons (Fsp3) is 0.417. The van der Waals surface area contributed by atoms with Crippen LogP contribution in [-0.2, 0) is 6.54 Å². The highest BCUT2D eigenvalue weighted by Gasteiger charge is 2.28. The van der Waals surface area contributed by atoms with Crippen LogP contribution in [0, 0.1) is 0 Å². The first-order chi connectivity index (χ1) is 7.36. The third-order valence-electron chi connectivity index (χ3n) is 2.78. The number of aromatic nitrogens is 1. The molecule has 1 fully saturated rings. The SMILES string of the molecule is CNCc1ccc2oc(C3CC3)nc2c1. The molecule has 1 aliphatic carbocycles. The molecule has 0 bridgehead atoms. The van der Waals surface area contributed by atoms with Crippen LogP contribution in [0.25, 0.3) is 11.1 Å². The zero-order valence-corrected chi connectivity index (χ0v) is 8.79. The molecule has 0 atom stereocenters. The third kappa shape index (κ3) is 1.63. The molecule has 0 spiro atoms. The van der Waals surface area contributed by atoms with E-state index in [0.29, 0.717) is 5.92 Å². The summed E-state index contributed by atoms with van der Waals surface area (Å²) in [5.74, 6) is 1.51. The minimum atomic E-state index is 0.588. The number of hydrogen-bond donors (Lipinski definition) is 1. The number of hydrogen-bond acceptors (Lipinski definition) is 3. The Kier molecular flexibility index (Phi) is 1.99. The van der Waals surface area contributed by atoms with Gasteiger partial charge in [0.25, 0.3) is 0 Å². The van der Waals surface area contributed by atoms with Crippen LogP contribution in [0.2, 0.25) is 0 Å². The van der Waals surface area contributed by atoms with Gasteiger partial charge in [-0.3, -0.25) is 0 Å². The topological polar surface area (TPSA) is 38.1 Å². The summed E-state index contributed by atoms with van der Waals surface area (Å²) in [6, 6.07) is 6.20. The van der Waals surface area contributed by atoms with E-state index >= 15 is 0 Å². The molecule has 1 aromatic heterocycles. The van der Waals surface area contributed by atoms with Crippen molar-refractivity contribution in [3.05, 3.63) is 29.7 Å². The molecule has 0 aliphatic heterocycles. The van der Waals surface area contributed by atoms with E-state index in [4.69, 9.17) is 4.42 Å². The lowest BCUT2D eigenvalue weighted by Gasteiger charge is -1.97. The molecule has 15 heavy (non-hydrogen) atoms. The lowest BCUT2D eigenvalue weighted by atomic mass is 10.2. The van der Waals surface area contributed by atoms with Crippen LogP contribution in [0.4, 0.5) is 0 Å². The molecule has 3 rings (SSSR count). The maximum Gasteiger partial charge on any atom is 0.198 e. The van der Waals surface area contributed by atoms with Crippen molar-refractivity contribution in [3.63, 3.8) is 0 Å². The number of fused-ring (bicyclic) bond motifs is 1. The maximum atomic E-state index is 5.69. The number of nitrogens with zero attached hydrogens (tertiary/aromatic N) is 1. The molecule has 3 heteroatoms. The van der Waals surface area contributed by atoms with Crippen molar-refractivity contribution in [1.29, 1.82) is 0 Å². The van der Waals surface area contributed by atoms with Gasteiger partial charge in [0.15, 0.2) is 11.5 Å². The van der Waals surface area contributed by atoms with Crippen molar-refractivity contribution in [2.45, 2.75) is 25.3 Å². The lowest BCUT2D eigenvalue weighted by molar-refractivity contribution is 0.533. The zero-order chi connectivity index (χ0) is 10.3. The number of oxazole rings is 1. The molecule has 1 N–H and O–H groups in total. The fourth-order valence-electron chi connectivity index (χ4n) is 1.81. The second-order valence-corrected chi connectivity index (χ2v) is 4.16. The van der Waals surface area contributed by atoms with Gasteiger partial charge in [-0.15, -0.1) is 0 Å². The molecule has 0 saturated heterocycles. The highest BCUT2D eigenvalue weighted by Crippen LogP contribution is 2.40. The summed E-state index contributed by atoms with van der Waals surface area (Å²) in [4.78, 5) is 4.52. The van der Waals surface area contributed by atoms with E-state index in [1.165, 1.54) is 18.4 Å². The summed E-state index contributed by atoms with van der Waals surface area (Å²) >= 11 is 0. The van der Waals surface area contributed by atoms with Crippen LogP contribution >= 0.6 is 0 Å². The van der Waals surface area contributed by atoms with Crippen molar-refractivity contribution in [3.8, 4) is 0 Å². The first kappa shape index (κ1) is 8.92. The summed E-state index contributed by atoms with van der Waals surface area (Å²) in [6.45, 7) is 0.877. The van der Waals surface area contributed by atoms with Crippen molar-refractivity contribution in [2.24, 2.45) is 0 Å². The van der Waals surface area contributed by atoms with E-state index in [0.717, 1.165) is 23.5 Å². The molecule has 1 aromatic carbocycles. The second kappa shape index (κ2) is 3.35. The lowest BCUT2D eigenvalue weighted by Crippen LogP contribution is -2.04. The smallest absolute Gasteiger partial charge is 0.198 e. The molecule has 1 aliphatic rings. The van der Waals surface area contributed by atoms with E-state index < -0.39 is 0 Å². The Morgan fingerprint density at radius 3 is 3.07 bits per heavy atom. The molecular weight excluding hydrogens is 188 g/mol. The predicted octanol–water partition coefficient (Wildman–Crippen LogP) is 2.42. The van der Waals surface area contributed by atoms with Gasteiger partial charge in [-0.05, 0) is 37.6 Å². The van der Waals surface area contributed by atoms with E-state index in [9.17, 15) is 0 Å². The average molecular weight is 202 g/mol. The first-order valence-corrected chi connectivity index (χ1v) is 5.41. The Hall–Kier alpha value is -1.35. The molecule has 1 heterocycles. The quantitative estimate of drug-likeness (QED) is 0.830. The van der Waals surface area contributed by atoms with Crippen molar-refractivity contribution in [2.75, 3.05) is 7.05 Å². The van der Waals surface area contributed by atoms with Gasteiger partial charge >= 0.3 is 0 Å². The Bertz CT molecular complexity index is 485. The number of benzene rings is 1. The van der Waals surface area contributed by atoms with Crippen LogP contribution in [0.15, 0.2) is 22.6 Å². The molecule has 78 valence electrons. The van der Waals surface area contributed by atoms with Crippen LogP contribution in [0.1, 0.15) is 30.2 Å². The molecule has 0 radical (unpaired) electrons. The molecular formula is C12H14N2O. The van der Waals surface area contributed by atoms with Crippen molar-refractivity contribution < 1.29 is 4.42 Å². The van der Waals surface area contributed by atoms with Crippen LogP contribution in [0.5, 0.6) is 0 Å². The van der Waals surface area contributed by atoms with Gasteiger partial charge in [-0.2, -0.15) is 0 Å². The zero-order valence-electron chi connectivity index (χ0n) is 8.79. The summed E-state index contributed by atoms with van der Waals surface area (Å²) < 4.78 is 5.69. The third-order valence-corrected chi connectivity index (χ3v) is 2.78. The Labute approximate surface area is 88.5 Å². The van der Waals surface area contributed by atoms with E-state index in [1.807, 2.05) is 13.1 Å². The van der Waals surface area contributed by atoms with Crippen molar-refractivity contribution in [1.82, 2.24) is 10.3 Å². The van der Waals surface area contributed by atoms with Crippen molar-refractivity contribution >= 4 is 11.1 Å². The summed E-state index contributed by atoms with van der Waals surface area (Å²) in [6.07, 6.45) is 2.46. The maximum absolute atomic E-state index is 5.69. The fourth-order valence-corrected chi connectivity index (χ4v) is 1.81. The van der Waals surface area contributed by atoms with Crippen LogP contribution in [0.3, 0.4) is 0 Å². The number of rotatable bonds is 3. The minimum Gasteiger partial charge on any atom is -0.440 e. The monoisotopic (exact) mass is 202 g/mol. The Morgan fingerprint density at radius 2 is 2.33 bits per heavy atom. The second-order valence-electron chi connectivity index (χ2n) is 4.16. The summed E-state index contributed by atoms with van der Waals surface area (Å²) in [5, 5.41) is 3.13. The molecule has 0 amide bonds. The van der Waals surface area contributed by atoms with Gasteiger partial charge in [0.2, 0.25) is 0 Å². The highest BCUT2D eigenvalue weighted by molar-refractivity contribution is 5.73. The first-order valence-electron chi connectivity index (χ1n) is 5.41. The van der Waals surface area contributed by atoms with Gasteiger partial charge in [0.1, 0.15) is 5.52 Å². The van der Waals surface area contributed by atoms with Crippen LogP contribution in [-0.4, -0.2) is 12.0 Å². The standard InChI is InChI=1S/C12H14N2O/c1-13-7-8-2-5-11-10(6-8)14-12(15-11)9-3-4-9/h2,5-6,9,13H,3-4,7H2,1H3. The summed E-state index contributed by atoms with van der Waals surface area (Å²) in [7, 11) is 1.95. The van der Waals surface area contributed by atoms with Gasteiger partial charge in [-0.25, -0.2) is 4.98 Å².